The molecule has 0 radical (unpaired) electrons. The van der Waals surface area contributed by atoms with Crippen LogP contribution in [0.2, 0.25) is 0 Å². The summed E-state index contributed by atoms with van der Waals surface area (Å²) in [6, 6.07) is 0. The first-order valence-corrected chi connectivity index (χ1v) is 5.28. The molecule has 98 valence electrons. The third-order valence-electron chi connectivity index (χ3n) is 2.00. The van der Waals surface area contributed by atoms with Crippen LogP contribution in [0.15, 0.2) is 70.9 Å². The fraction of sp³-hybridized carbons (Fsp3) is 0.0769. The summed E-state index contributed by atoms with van der Waals surface area (Å²) in [5.41, 5.74) is 1.39. The second-order valence-corrected chi connectivity index (χ2v) is 3.51. The Kier molecular flexibility index (Phi) is 8.05. The van der Waals surface area contributed by atoms with E-state index in [1.54, 1.807) is 24.3 Å². The van der Waals surface area contributed by atoms with Crippen LogP contribution in [0.1, 0.15) is 0 Å². The van der Waals surface area contributed by atoms with E-state index < -0.39 is 0 Å². The molecule has 2 N–H and O–H groups in total. The number of aliphatic hydroxyl groups excluding tert-OH is 2. The quantitative estimate of drug-likeness (QED) is 0.574. The van der Waals surface area contributed by atoms with Crippen molar-refractivity contribution < 1.29 is 32.0 Å². The van der Waals surface area contributed by atoms with Crippen molar-refractivity contribution in [3.05, 3.63) is 70.9 Å². The van der Waals surface area contributed by atoms with Gasteiger partial charge in [0.2, 0.25) is 0 Å². The molecule has 0 aromatic rings. The Morgan fingerprint density at radius 1 is 0.944 bits per heavy atom. The molecule has 2 rings (SSSR count). The minimum Gasteiger partial charge on any atom is -0.498 e. The van der Waals surface area contributed by atoms with Gasteiger partial charge >= 0.3 is 0 Å². The average molecular weight is 309 g/mol. The second-order valence-electron chi connectivity index (χ2n) is 3.15. The van der Waals surface area contributed by atoms with Crippen molar-refractivity contribution in [2.45, 2.75) is 0 Å². The van der Waals surface area contributed by atoms with E-state index in [4.69, 9.17) is 21.8 Å². The third kappa shape index (κ3) is 5.32. The van der Waals surface area contributed by atoms with Crippen molar-refractivity contribution in [1.29, 1.82) is 0 Å². The van der Waals surface area contributed by atoms with E-state index in [1.807, 2.05) is 24.3 Å². The van der Waals surface area contributed by atoms with Crippen LogP contribution in [0.3, 0.4) is 0 Å². The molecule has 3 nitrogen and oxygen atoms in total. The maximum atomic E-state index is 8.91. The van der Waals surface area contributed by atoms with E-state index >= 15 is 0 Å². The van der Waals surface area contributed by atoms with Crippen LogP contribution >= 0.6 is 11.6 Å². The van der Waals surface area contributed by atoms with Gasteiger partial charge < -0.3 is 14.9 Å². The molecule has 0 fully saturated rings. The fourth-order valence-electron chi connectivity index (χ4n) is 1.15. The molecule has 0 saturated heterocycles. The molecular weight excluding hydrogens is 295 g/mol. The zero-order valence-electron chi connectivity index (χ0n) is 9.65. The van der Waals surface area contributed by atoms with Gasteiger partial charge in [-0.25, -0.2) is 0 Å². The van der Waals surface area contributed by atoms with Crippen molar-refractivity contribution in [3.63, 3.8) is 0 Å². The second kappa shape index (κ2) is 8.70. The van der Waals surface area contributed by atoms with Crippen LogP contribution in [0.4, 0.5) is 0 Å². The molecule has 0 bridgehead atoms. The summed E-state index contributed by atoms with van der Waals surface area (Å²) in [5, 5.41) is 17.4. The van der Waals surface area contributed by atoms with Gasteiger partial charge in [0, 0.05) is 22.6 Å². The van der Waals surface area contributed by atoms with Crippen molar-refractivity contribution in [1.82, 2.24) is 0 Å². The minimum absolute atomic E-state index is 0. The summed E-state index contributed by atoms with van der Waals surface area (Å²) in [6.07, 6.45) is 14.3. The van der Waals surface area contributed by atoms with Crippen molar-refractivity contribution in [3.8, 4) is 0 Å². The molecule has 5 heteroatoms. The predicted molar refractivity (Wildman–Crippen MR) is 68.7 cm³/mol. The minimum atomic E-state index is -0.144. The number of rotatable bonds is 1. The SMILES string of the molecule is COC(O)=C1C=CC=C1.OC(Cl)=C1C=CC=C1.[Fe]. The Bertz CT molecular complexity index is 425. The van der Waals surface area contributed by atoms with E-state index in [0.717, 1.165) is 5.57 Å². The number of aliphatic hydroxyl groups is 2. The fourth-order valence-corrected chi connectivity index (χ4v) is 1.27. The van der Waals surface area contributed by atoms with Crippen LogP contribution in [0.25, 0.3) is 0 Å². The Morgan fingerprint density at radius 3 is 1.61 bits per heavy atom. The Balaban J connectivity index is 0.000000306. The summed E-state index contributed by atoms with van der Waals surface area (Å²) >= 11 is 5.22. The summed E-state index contributed by atoms with van der Waals surface area (Å²) in [7, 11) is 1.43. The first-order chi connectivity index (χ1) is 8.15. The predicted octanol–water partition coefficient (Wildman–Crippen LogP) is 3.65. The molecule has 0 aliphatic heterocycles. The van der Waals surface area contributed by atoms with Crippen LogP contribution in [-0.2, 0) is 21.8 Å². The van der Waals surface area contributed by atoms with Gasteiger partial charge in [0.1, 0.15) is 0 Å². The van der Waals surface area contributed by atoms with Crippen molar-refractivity contribution >= 4 is 11.6 Å². The van der Waals surface area contributed by atoms with Crippen LogP contribution in [-0.4, -0.2) is 17.3 Å². The van der Waals surface area contributed by atoms with E-state index in [9.17, 15) is 0 Å². The average Bonchev–Trinajstić information content (AvgIpc) is 3.01. The number of ether oxygens (including phenoxy) is 1. The molecule has 2 aliphatic carbocycles. The summed E-state index contributed by atoms with van der Waals surface area (Å²) in [5.74, 6) is -0.0278. The Hall–Kier alpha value is -1.35. The molecular formula is C13H13ClFeO3. The number of hydrogen-bond donors (Lipinski definition) is 2. The molecule has 0 saturated carbocycles. The summed E-state index contributed by atoms with van der Waals surface area (Å²) in [4.78, 5) is 0. The van der Waals surface area contributed by atoms with Crippen LogP contribution < -0.4 is 0 Å². The van der Waals surface area contributed by atoms with E-state index in [2.05, 4.69) is 4.74 Å². The third-order valence-corrected chi connectivity index (χ3v) is 2.22. The van der Waals surface area contributed by atoms with Gasteiger partial charge in [0.15, 0.2) is 5.22 Å². The monoisotopic (exact) mass is 308 g/mol. The maximum Gasteiger partial charge on any atom is 0.283 e. The van der Waals surface area contributed by atoms with Crippen LogP contribution in [0, 0.1) is 0 Å². The van der Waals surface area contributed by atoms with Gasteiger partial charge in [0.25, 0.3) is 5.95 Å². The zero-order chi connectivity index (χ0) is 12.7. The van der Waals surface area contributed by atoms with Gasteiger partial charge in [-0.15, -0.1) is 0 Å². The molecule has 18 heavy (non-hydrogen) atoms. The molecule has 2 aliphatic rings. The molecule has 0 heterocycles. The van der Waals surface area contributed by atoms with Gasteiger partial charge in [0.05, 0.1) is 12.7 Å². The summed E-state index contributed by atoms with van der Waals surface area (Å²) < 4.78 is 4.57. The van der Waals surface area contributed by atoms with Gasteiger partial charge in [-0.05, 0) is 23.8 Å². The summed E-state index contributed by atoms with van der Waals surface area (Å²) in [6.45, 7) is 0. The van der Waals surface area contributed by atoms with E-state index in [1.165, 1.54) is 7.11 Å². The molecule has 0 aromatic carbocycles. The van der Waals surface area contributed by atoms with Crippen molar-refractivity contribution in [2.75, 3.05) is 7.11 Å². The smallest absolute Gasteiger partial charge is 0.283 e. The largest absolute Gasteiger partial charge is 0.498 e. The van der Waals surface area contributed by atoms with E-state index in [0.29, 0.717) is 5.57 Å². The maximum absolute atomic E-state index is 8.91. The molecule has 0 spiro atoms. The van der Waals surface area contributed by atoms with Gasteiger partial charge in [-0.2, -0.15) is 0 Å². The van der Waals surface area contributed by atoms with Crippen LogP contribution in [0.5, 0.6) is 0 Å². The number of allylic oxidation sites excluding steroid dienone is 10. The molecule has 0 atom stereocenters. The van der Waals surface area contributed by atoms with Gasteiger partial charge in [-0.3, -0.25) is 0 Å². The van der Waals surface area contributed by atoms with Crippen molar-refractivity contribution in [2.24, 2.45) is 0 Å². The van der Waals surface area contributed by atoms with E-state index in [-0.39, 0.29) is 28.2 Å². The number of hydrogen-bond acceptors (Lipinski definition) is 3. The number of methoxy groups -OCH3 is 1. The normalized spacial score (nSPS) is 14.1. The molecule has 0 unspecified atom stereocenters. The Morgan fingerprint density at radius 2 is 1.33 bits per heavy atom. The Labute approximate surface area is 122 Å². The standard InChI is InChI=1S/C7H8O2.C6H5ClO.Fe/c1-9-7(8)6-4-2-3-5-6;7-6(8)5-3-1-2-4-5;/h2-5,8H,1H3;1-4,8H;. The molecule has 0 amide bonds. The molecule has 0 aromatic heterocycles. The first kappa shape index (κ1) is 16.6. The first-order valence-electron chi connectivity index (χ1n) is 4.90. The van der Waals surface area contributed by atoms with Gasteiger partial charge in [-0.1, -0.05) is 36.5 Å². The topological polar surface area (TPSA) is 49.7 Å². The number of halogens is 1. The zero-order valence-corrected chi connectivity index (χ0v) is 11.5.